The van der Waals surface area contributed by atoms with Gasteiger partial charge >= 0.3 is 5.97 Å². The van der Waals surface area contributed by atoms with E-state index in [0.717, 1.165) is 35.0 Å². The topological polar surface area (TPSA) is 60.8 Å². The molecule has 2 N–H and O–H groups in total. The van der Waals surface area contributed by atoms with Crippen LogP contribution in [-0.2, 0) is 0 Å². The molecule has 0 aliphatic rings. The molecule has 0 atom stereocenters. The Bertz CT molecular complexity index is 626. The highest BCUT2D eigenvalue weighted by molar-refractivity contribution is 9.09. The third kappa shape index (κ3) is 7.36. The summed E-state index contributed by atoms with van der Waals surface area (Å²) in [6.45, 7) is 3.80. The molecule has 0 unspecified atom stereocenters. The second-order valence-corrected chi connectivity index (χ2v) is 6.64. The van der Waals surface area contributed by atoms with Crippen LogP contribution in [0.4, 0.5) is 5.69 Å². The van der Waals surface area contributed by atoms with Crippen LogP contribution >= 0.6 is 31.9 Å². The van der Waals surface area contributed by atoms with Crippen LogP contribution in [0.1, 0.15) is 15.9 Å². The number of halogens is 2. The minimum Gasteiger partial charge on any atom is -0.508 e. The Morgan fingerprint density at radius 2 is 1.62 bits per heavy atom. The maximum absolute atomic E-state index is 10.4. The van der Waals surface area contributed by atoms with E-state index in [0.29, 0.717) is 11.3 Å². The molecule has 0 amide bonds. The quantitative estimate of drug-likeness (QED) is 0.617. The number of carboxylic acids is 1. The molecule has 24 heavy (non-hydrogen) atoms. The third-order valence-electron chi connectivity index (χ3n) is 3.19. The van der Waals surface area contributed by atoms with Gasteiger partial charge in [0.25, 0.3) is 0 Å². The zero-order chi connectivity index (χ0) is 17.9. The second kappa shape index (κ2) is 11.1. The summed E-state index contributed by atoms with van der Waals surface area (Å²) in [6.07, 6.45) is 0. The van der Waals surface area contributed by atoms with E-state index in [9.17, 15) is 4.79 Å². The summed E-state index contributed by atoms with van der Waals surface area (Å²) >= 11 is 6.85. The fourth-order valence-corrected chi connectivity index (χ4v) is 2.87. The molecule has 2 rings (SSSR count). The summed E-state index contributed by atoms with van der Waals surface area (Å²) in [7, 11) is 0. The van der Waals surface area contributed by atoms with E-state index >= 15 is 0 Å². The first-order valence-corrected chi connectivity index (χ1v) is 9.68. The maximum Gasteiger partial charge on any atom is 0.335 e. The van der Waals surface area contributed by atoms with Crippen LogP contribution in [0.5, 0.6) is 5.75 Å². The minimum absolute atomic E-state index is 0.311. The molecule has 0 heterocycles. The van der Waals surface area contributed by atoms with Gasteiger partial charge in [0.05, 0.1) is 5.56 Å². The van der Waals surface area contributed by atoms with E-state index in [1.807, 2.05) is 25.1 Å². The van der Waals surface area contributed by atoms with Crippen molar-refractivity contribution in [2.75, 3.05) is 28.6 Å². The lowest BCUT2D eigenvalue weighted by atomic mass is 10.1. The zero-order valence-electron chi connectivity index (χ0n) is 13.5. The lowest BCUT2D eigenvalue weighted by Crippen LogP contribution is -2.27. The Hall–Kier alpha value is -1.53. The number of aromatic hydroxyl groups is 1. The maximum atomic E-state index is 10.4. The highest BCUT2D eigenvalue weighted by Crippen LogP contribution is 2.18. The van der Waals surface area contributed by atoms with Crippen molar-refractivity contribution >= 4 is 43.5 Å². The Morgan fingerprint density at radius 3 is 2.04 bits per heavy atom. The number of hydrogen-bond donors (Lipinski definition) is 2. The fourth-order valence-electron chi connectivity index (χ4n) is 2.02. The van der Waals surface area contributed by atoms with Gasteiger partial charge in [-0.25, -0.2) is 4.79 Å². The zero-order valence-corrected chi connectivity index (χ0v) is 16.6. The van der Waals surface area contributed by atoms with Crippen molar-refractivity contribution in [1.29, 1.82) is 0 Å². The summed E-state index contributed by atoms with van der Waals surface area (Å²) in [5.41, 5.74) is 2.46. The van der Waals surface area contributed by atoms with E-state index in [1.165, 1.54) is 0 Å². The Balaban J connectivity index is 0.000000254. The van der Waals surface area contributed by atoms with Gasteiger partial charge in [0.1, 0.15) is 5.75 Å². The molecular weight excluding hydrogens is 438 g/mol. The molecule has 130 valence electrons. The summed E-state index contributed by atoms with van der Waals surface area (Å²) in [4.78, 5) is 12.6. The number of phenols is 1. The first kappa shape index (κ1) is 20.5. The van der Waals surface area contributed by atoms with Gasteiger partial charge in [-0.1, -0.05) is 49.6 Å². The highest BCUT2D eigenvalue weighted by atomic mass is 79.9. The summed E-state index contributed by atoms with van der Waals surface area (Å²) in [5, 5.41) is 19.6. The van der Waals surface area contributed by atoms with Crippen LogP contribution in [0.2, 0.25) is 0 Å². The number of aryl methyl sites for hydroxylation is 1. The van der Waals surface area contributed by atoms with Crippen molar-refractivity contribution in [2.45, 2.75) is 6.92 Å². The highest BCUT2D eigenvalue weighted by Gasteiger charge is 2.04. The number of aromatic carboxylic acids is 1. The number of rotatable bonds is 6. The summed E-state index contributed by atoms with van der Waals surface area (Å²) in [6, 6.07) is 14.1. The van der Waals surface area contributed by atoms with Crippen molar-refractivity contribution in [3.05, 3.63) is 59.7 Å². The molecule has 2 aromatic rings. The molecule has 0 radical (unpaired) electrons. The van der Waals surface area contributed by atoms with Gasteiger partial charge in [-0.15, -0.1) is 0 Å². The van der Waals surface area contributed by atoms with Gasteiger partial charge < -0.3 is 15.1 Å². The average molecular weight is 459 g/mol. The molecule has 0 saturated carbocycles. The molecule has 0 saturated heterocycles. The number of alkyl halides is 2. The number of hydrogen-bond acceptors (Lipinski definition) is 3. The smallest absolute Gasteiger partial charge is 0.335 e. The van der Waals surface area contributed by atoms with Gasteiger partial charge in [0.2, 0.25) is 0 Å². The molecule has 0 fully saturated rings. The van der Waals surface area contributed by atoms with Crippen molar-refractivity contribution < 1.29 is 15.0 Å². The van der Waals surface area contributed by atoms with Gasteiger partial charge in [0.15, 0.2) is 0 Å². The molecule has 0 bridgehead atoms. The van der Waals surface area contributed by atoms with Crippen molar-refractivity contribution in [3.8, 4) is 5.75 Å². The first-order valence-electron chi connectivity index (χ1n) is 7.43. The number of carbonyl (C=O) groups is 1. The van der Waals surface area contributed by atoms with Gasteiger partial charge in [-0.3, -0.25) is 0 Å². The molecule has 6 heteroatoms. The predicted molar refractivity (Wildman–Crippen MR) is 106 cm³/mol. The number of nitrogens with zero attached hydrogens (tertiary/aromatic N) is 1. The average Bonchev–Trinajstić information content (AvgIpc) is 2.56. The molecule has 4 nitrogen and oxygen atoms in total. The van der Waals surface area contributed by atoms with E-state index in [4.69, 9.17) is 10.2 Å². The number of anilines is 1. The van der Waals surface area contributed by atoms with Gasteiger partial charge in [-0.05, 0) is 43.3 Å². The Labute approximate surface area is 159 Å². The molecule has 2 aromatic carbocycles. The second-order valence-electron chi connectivity index (χ2n) is 5.06. The minimum atomic E-state index is -0.872. The number of phenolic OH excluding ortho intramolecular Hbond substituents is 1. The number of carboxylic acid groups (broad SMARTS) is 1. The third-order valence-corrected chi connectivity index (χ3v) is 3.90. The first-order chi connectivity index (χ1) is 11.5. The van der Waals surface area contributed by atoms with Crippen LogP contribution in [0.3, 0.4) is 0 Å². The predicted octanol–water partition coefficient (Wildman–Crippen LogP) is 4.68. The lowest BCUT2D eigenvalue weighted by Gasteiger charge is -2.22. The van der Waals surface area contributed by atoms with Crippen molar-refractivity contribution in [3.63, 3.8) is 0 Å². The van der Waals surface area contributed by atoms with Crippen LogP contribution < -0.4 is 4.90 Å². The monoisotopic (exact) mass is 457 g/mol. The van der Waals surface area contributed by atoms with Crippen LogP contribution in [-0.4, -0.2) is 39.9 Å². The standard InChI is InChI=1S/C10H13Br2NO.C8H8O2/c11-5-7-13(8-6-12)9-1-3-10(14)4-2-9;1-6-3-2-4-7(5-6)8(9)10/h1-4,14H,5-8H2;2-5H,1H3,(H,9,10). The largest absolute Gasteiger partial charge is 0.508 e. The van der Waals surface area contributed by atoms with Crippen molar-refractivity contribution in [2.24, 2.45) is 0 Å². The number of benzene rings is 2. The summed E-state index contributed by atoms with van der Waals surface area (Å²) in [5.74, 6) is -0.560. The molecule has 0 aromatic heterocycles. The van der Waals surface area contributed by atoms with Gasteiger partial charge in [0, 0.05) is 29.4 Å². The van der Waals surface area contributed by atoms with E-state index in [1.54, 1.807) is 30.3 Å². The van der Waals surface area contributed by atoms with Crippen LogP contribution in [0.15, 0.2) is 48.5 Å². The van der Waals surface area contributed by atoms with E-state index < -0.39 is 5.97 Å². The SMILES string of the molecule is Cc1cccc(C(=O)O)c1.Oc1ccc(N(CCBr)CCBr)cc1. The Morgan fingerprint density at radius 1 is 1.04 bits per heavy atom. The molecule has 0 aliphatic carbocycles. The molecule has 0 spiro atoms. The van der Waals surface area contributed by atoms with Crippen LogP contribution in [0.25, 0.3) is 0 Å². The van der Waals surface area contributed by atoms with E-state index in [-0.39, 0.29) is 0 Å². The molecule has 0 aliphatic heterocycles. The Kier molecular flexibility index (Phi) is 9.49. The normalized spacial score (nSPS) is 9.79. The van der Waals surface area contributed by atoms with Gasteiger partial charge in [-0.2, -0.15) is 0 Å². The van der Waals surface area contributed by atoms with E-state index in [2.05, 4.69) is 36.8 Å². The fraction of sp³-hybridized carbons (Fsp3) is 0.278. The molecular formula is C18H21Br2NO3. The summed E-state index contributed by atoms with van der Waals surface area (Å²) < 4.78 is 0. The van der Waals surface area contributed by atoms with Crippen LogP contribution in [0, 0.1) is 6.92 Å². The lowest BCUT2D eigenvalue weighted by molar-refractivity contribution is 0.0697. The van der Waals surface area contributed by atoms with Crippen molar-refractivity contribution in [1.82, 2.24) is 0 Å².